The fraction of sp³-hybridized carbons (Fsp3) is 0.333. The highest BCUT2D eigenvalue weighted by Gasteiger charge is 2.27. The molecule has 0 spiro atoms. The minimum Gasteiger partial charge on any atom is -0.495 e. The van der Waals surface area contributed by atoms with Gasteiger partial charge in [0.25, 0.3) is 0 Å². The Balaban J connectivity index is 2.82. The van der Waals surface area contributed by atoms with Crippen LogP contribution in [0, 0.1) is 0 Å². The lowest BCUT2D eigenvalue weighted by atomic mass is 10.1. The molecular formula is C12H13F3N2O3. The fourth-order valence-corrected chi connectivity index (χ4v) is 1.37. The minimum absolute atomic E-state index is 0.111. The molecule has 0 unspecified atom stereocenters. The van der Waals surface area contributed by atoms with Gasteiger partial charge >= 0.3 is 12.2 Å². The van der Waals surface area contributed by atoms with Crippen molar-refractivity contribution < 1.29 is 27.5 Å². The van der Waals surface area contributed by atoms with E-state index in [4.69, 9.17) is 4.74 Å². The van der Waals surface area contributed by atoms with E-state index in [1.54, 1.807) is 5.32 Å². The highest BCUT2D eigenvalue weighted by molar-refractivity contribution is 5.97. The van der Waals surface area contributed by atoms with Crippen LogP contribution in [0.4, 0.5) is 23.7 Å². The zero-order valence-electron chi connectivity index (χ0n) is 10.8. The van der Waals surface area contributed by atoms with Crippen molar-refractivity contribution in [3.8, 4) is 5.75 Å². The maximum Gasteiger partial charge on any atom is 0.405 e. The summed E-state index contributed by atoms with van der Waals surface area (Å²) in [4.78, 5) is 22.6. The van der Waals surface area contributed by atoms with Crippen LogP contribution in [0.25, 0.3) is 0 Å². The van der Waals surface area contributed by atoms with Crippen molar-refractivity contribution in [3.05, 3.63) is 23.8 Å². The third-order valence-electron chi connectivity index (χ3n) is 2.30. The molecule has 1 aromatic carbocycles. The fourth-order valence-electron chi connectivity index (χ4n) is 1.37. The number of hydrogen-bond acceptors (Lipinski definition) is 3. The minimum atomic E-state index is -4.50. The summed E-state index contributed by atoms with van der Waals surface area (Å²) in [5.41, 5.74) is 0.414. The highest BCUT2D eigenvalue weighted by Crippen LogP contribution is 2.25. The first-order valence-electron chi connectivity index (χ1n) is 5.53. The first-order valence-corrected chi connectivity index (χ1v) is 5.53. The Morgan fingerprint density at radius 1 is 1.30 bits per heavy atom. The number of carbonyl (C=O) groups excluding carboxylic acids is 2. The molecule has 0 bridgehead atoms. The Bertz CT molecular complexity index is 515. The topological polar surface area (TPSA) is 67.4 Å². The van der Waals surface area contributed by atoms with Gasteiger partial charge in [0.2, 0.25) is 0 Å². The molecule has 0 radical (unpaired) electrons. The largest absolute Gasteiger partial charge is 0.495 e. The SMILES string of the molecule is COc1ccc(C(C)=O)cc1NC(=O)NCC(F)(F)F. The van der Waals surface area contributed by atoms with Gasteiger partial charge in [0.15, 0.2) is 5.78 Å². The molecule has 0 aliphatic rings. The zero-order chi connectivity index (χ0) is 15.3. The van der Waals surface area contributed by atoms with Crippen molar-refractivity contribution in [1.29, 1.82) is 0 Å². The van der Waals surface area contributed by atoms with Gasteiger partial charge in [0.1, 0.15) is 12.3 Å². The Labute approximate surface area is 113 Å². The number of nitrogens with one attached hydrogen (secondary N) is 2. The van der Waals surface area contributed by atoms with Gasteiger partial charge in [-0.15, -0.1) is 0 Å². The third-order valence-corrected chi connectivity index (χ3v) is 2.30. The van der Waals surface area contributed by atoms with Crippen LogP contribution in [0.2, 0.25) is 0 Å². The number of Topliss-reactive ketones (excluding diaryl/α,β-unsaturated/α-hetero) is 1. The lowest BCUT2D eigenvalue weighted by molar-refractivity contribution is -0.122. The molecule has 1 aromatic rings. The molecule has 0 aliphatic carbocycles. The van der Waals surface area contributed by atoms with Crippen LogP contribution in [0.3, 0.4) is 0 Å². The maximum absolute atomic E-state index is 12.0. The first-order chi connectivity index (χ1) is 9.23. The number of anilines is 1. The van der Waals surface area contributed by atoms with Crippen LogP contribution in [0.1, 0.15) is 17.3 Å². The summed E-state index contributed by atoms with van der Waals surface area (Å²) in [6.07, 6.45) is -4.50. The summed E-state index contributed by atoms with van der Waals surface area (Å²) in [7, 11) is 1.33. The van der Waals surface area contributed by atoms with Crippen molar-refractivity contribution in [2.75, 3.05) is 19.0 Å². The number of ether oxygens (including phenoxy) is 1. The van der Waals surface area contributed by atoms with Gasteiger partial charge in [-0.05, 0) is 25.1 Å². The summed E-state index contributed by atoms with van der Waals surface area (Å²) in [6.45, 7) is -0.122. The van der Waals surface area contributed by atoms with Crippen LogP contribution in [0.15, 0.2) is 18.2 Å². The second kappa shape index (κ2) is 6.27. The Morgan fingerprint density at radius 2 is 1.95 bits per heavy atom. The summed E-state index contributed by atoms with van der Waals surface area (Å²) in [5.74, 6) is -0.0106. The van der Waals surface area contributed by atoms with Gasteiger partial charge < -0.3 is 15.4 Å². The number of ketones is 1. The van der Waals surface area contributed by atoms with Crippen LogP contribution in [-0.4, -0.2) is 31.6 Å². The normalized spacial score (nSPS) is 10.8. The number of hydrogen-bond donors (Lipinski definition) is 2. The summed E-state index contributed by atoms with van der Waals surface area (Å²) < 4.78 is 40.8. The van der Waals surface area contributed by atoms with Gasteiger partial charge in [-0.25, -0.2) is 4.79 Å². The molecule has 2 amide bonds. The predicted octanol–water partition coefficient (Wildman–Crippen LogP) is 2.58. The third kappa shape index (κ3) is 4.79. The number of amides is 2. The lowest BCUT2D eigenvalue weighted by Gasteiger charge is -2.13. The van der Waals surface area contributed by atoms with E-state index in [-0.39, 0.29) is 17.2 Å². The van der Waals surface area contributed by atoms with E-state index in [0.29, 0.717) is 5.56 Å². The molecule has 0 fully saturated rings. The smallest absolute Gasteiger partial charge is 0.405 e. The summed E-state index contributed by atoms with van der Waals surface area (Å²) in [6, 6.07) is 3.21. The standard InChI is InChI=1S/C12H13F3N2O3/c1-7(18)8-3-4-10(20-2)9(5-8)17-11(19)16-6-12(13,14)15/h3-5H,6H2,1-2H3,(H2,16,17,19). The second-order valence-corrected chi connectivity index (χ2v) is 3.89. The number of rotatable bonds is 4. The zero-order valence-corrected chi connectivity index (χ0v) is 10.8. The Kier molecular flexibility index (Phi) is 4.95. The van der Waals surface area contributed by atoms with Gasteiger partial charge in [0.05, 0.1) is 12.8 Å². The molecule has 20 heavy (non-hydrogen) atoms. The number of alkyl halides is 3. The Morgan fingerprint density at radius 3 is 2.45 bits per heavy atom. The molecule has 0 atom stereocenters. The van der Waals surface area contributed by atoms with E-state index in [2.05, 4.69) is 5.32 Å². The molecule has 5 nitrogen and oxygen atoms in total. The van der Waals surface area contributed by atoms with E-state index >= 15 is 0 Å². The van der Waals surface area contributed by atoms with Crippen molar-refractivity contribution in [3.63, 3.8) is 0 Å². The number of methoxy groups -OCH3 is 1. The summed E-state index contributed by atoms with van der Waals surface area (Å²) >= 11 is 0. The van der Waals surface area contributed by atoms with Gasteiger partial charge in [-0.2, -0.15) is 13.2 Å². The average Bonchev–Trinajstić information content (AvgIpc) is 2.35. The van der Waals surface area contributed by atoms with Crippen molar-refractivity contribution in [1.82, 2.24) is 5.32 Å². The molecule has 0 heterocycles. The number of carbonyl (C=O) groups is 2. The lowest BCUT2D eigenvalue weighted by Crippen LogP contribution is -2.36. The van der Waals surface area contributed by atoms with Gasteiger partial charge in [-0.3, -0.25) is 4.79 Å². The van der Waals surface area contributed by atoms with E-state index < -0.39 is 18.8 Å². The number of benzene rings is 1. The summed E-state index contributed by atoms with van der Waals surface area (Å²) in [5, 5.41) is 3.86. The quantitative estimate of drug-likeness (QED) is 0.837. The van der Waals surface area contributed by atoms with E-state index in [1.807, 2.05) is 0 Å². The van der Waals surface area contributed by atoms with Crippen molar-refractivity contribution >= 4 is 17.5 Å². The molecule has 0 aromatic heterocycles. The van der Waals surface area contributed by atoms with E-state index in [1.165, 1.54) is 32.2 Å². The van der Waals surface area contributed by atoms with Gasteiger partial charge in [0, 0.05) is 5.56 Å². The first kappa shape index (κ1) is 15.8. The highest BCUT2D eigenvalue weighted by atomic mass is 19.4. The predicted molar refractivity (Wildman–Crippen MR) is 66.1 cm³/mol. The second-order valence-electron chi connectivity index (χ2n) is 3.89. The molecule has 1 rings (SSSR count). The molecule has 110 valence electrons. The molecule has 8 heteroatoms. The van der Waals surface area contributed by atoms with Gasteiger partial charge in [-0.1, -0.05) is 0 Å². The monoisotopic (exact) mass is 290 g/mol. The molecular weight excluding hydrogens is 277 g/mol. The van der Waals surface area contributed by atoms with E-state index in [0.717, 1.165) is 0 Å². The van der Waals surface area contributed by atoms with Crippen LogP contribution < -0.4 is 15.4 Å². The molecule has 0 saturated carbocycles. The van der Waals surface area contributed by atoms with Crippen LogP contribution in [-0.2, 0) is 0 Å². The number of halogens is 3. The van der Waals surface area contributed by atoms with Crippen molar-refractivity contribution in [2.24, 2.45) is 0 Å². The Hall–Kier alpha value is -2.25. The van der Waals surface area contributed by atoms with Crippen LogP contribution >= 0.6 is 0 Å². The molecule has 0 aliphatic heterocycles. The molecule has 0 saturated heterocycles. The van der Waals surface area contributed by atoms with E-state index in [9.17, 15) is 22.8 Å². The molecule has 2 N–H and O–H groups in total. The van der Waals surface area contributed by atoms with Crippen molar-refractivity contribution in [2.45, 2.75) is 13.1 Å². The van der Waals surface area contributed by atoms with Crippen LogP contribution in [0.5, 0.6) is 5.75 Å². The number of urea groups is 1. The maximum atomic E-state index is 12.0. The average molecular weight is 290 g/mol.